The van der Waals surface area contributed by atoms with Crippen LogP contribution in [0.3, 0.4) is 0 Å². The molecule has 2 N–H and O–H groups in total. The molecule has 0 saturated heterocycles. The maximum Gasteiger partial charge on any atom is 0.221 e. The average Bonchev–Trinajstić information content (AvgIpc) is 2.61. The number of carbonyl (C=O) groups excluding carboxylic acids is 1. The van der Waals surface area contributed by atoms with Crippen LogP contribution in [0.4, 0.5) is 0 Å². The van der Waals surface area contributed by atoms with E-state index < -0.39 is 0 Å². The zero-order valence-electron chi connectivity index (χ0n) is 10.2. The maximum atomic E-state index is 11.4. The predicted molar refractivity (Wildman–Crippen MR) is 69.8 cm³/mol. The summed E-state index contributed by atoms with van der Waals surface area (Å²) in [6.45, 7) is 8.63. The van der Waals surface area contributed by atoms with E-state index >= 15 is 0 Å². The molecule has 1 amide bonds. The Morgan fingerprint density at radius 3 is 2.94 bits per heavy atom. The number of aliphatic imine (C=N–C) groups is 1. The van der Waals surface area contributed by atoms with E-state index in [4.69, 9.17) is 0 Å². The van der Waals surface area contributed by atoms with Gasteiger partial charge in [0, 0.05) is 24.8 Å². The standard InChI is InChI=1S/C11H21N3OS/c1-8(2)6-13-10(15)4-5-12-11-14-7-9(3)16-11/h8-9H,4-7H2,1-3H3,(H,12,14)(H,13,15). The third-order valence-corrected chi connectivity index (χ3v) is 3.19. The molecule has 0 aromatic heterocycles. The lowest BCUT2D eigenvalue weighted by Gasteiger charge is -2.08. The van der Waals surface area contributed by atoms with Crippen LogP contribution in [-0.4, -0.2) is 36.0 Å². The summed E-state index contributed by atoms with van der Waals surface area (Å²) in [6.07, 6.45) is 0.515. The first-order valence-electron chi connectivity index (χ1n) is 5.79. The van der Waals surface area contributed by atoms with Gasteiger partial charge in [0.25, 0.3) is 0 Å². The fourth-order valence-corrected chi connectivity index (χ4v) is 2.13. The third-order valence-electron chi connectivity index (χ3n) is 2.14. The molecule has 0 aliphatic carbocycles. The van der Waals surface area contributed by atoms with Gasteiger partial charge in [-0.05, 0) is 5.92 Å². The van der Waals surface area contributed by atoms with Crippen LogP contribution in [-0.2, 0) is 4.79 Å². The molecule has 1 rings (SSSR count). The highest BCUT2D eigenvalue weighted by Crippen LogP contribution is 2.18. The van der Waals surface area contributed by atoms with E-state index in [1.54, 1.807) is 11.8 Å². The summed E-state index contributed by atoms with van der Waals surface area (Å²) in [5, 5.41) is 7.62. The molecule has 0 aromatic rings. The van der Waals surface area contributed by atoms with Crippen molar-refractivity contribution >= 4 is 22.8 Å². The summed E-state index contributed by atoms with van der Waals surface area (Å²) < 4.78 is 0. The minimum atomic E-state index is 0.109. The van der Waals surface area contributed by atoms with Crippen molar-refractivity contribution in [3.63, 3.8) is 0 Å². The topological polar surface area (TPSA) is 53.5 Å². The van der Waals surface area contributed by atoms with Gasteiger partial charge in [0.2, 0.25) is 5.91 Å². The highest BCUT2D eigenvalue weighted by Gasteiger charge is 2.14. The van der Waals surface area contributed by atoms with Gasteiger partial charge in [-0.3, -0.25) is 9.79 Å². The summed E-state index contributed by atoms with van der Waals surface area (Å²) in [5.74, 6) is 0.616. The number of carbonyl (C=O) groups is 1. The van der Waals surface area contributed by atoms with Crippen molar-refractivity contribution in [3.8, 4) is 0 Å². The fraction of sp³-hybridized carbons (Fsp3) is 0.818. The fourth-order valence-electron chi connectivity index (χ4n) is 1.26. The zero-order valence-corrected chi connectivity index (χ0v) is 11.1. The van der Waals surface area contributed by atoms with Crippen molar-refractivity contribution in [2.45, 2.75) is 32.4 Å². The van der Waals surface area contributed by atoms with E-state index in [9.17, 15) is 4.79 Å². The molecular weight excluding hydrogens is 222 g/mol. The molecule has 1 heterocycles. The molecule has 0 radical (unpaired) electrons. The molecule has 0 spiro atoms. The van der Waals surface area contributed by atoms with Crippen molar-refractivity contribution < 1.29 is 4.79 Å². The number of nitrogens with one attached hydrogen (secondary N) is 2. The Kier molecular flexibility index (Phi) is 5.66. The SMILES string of the molecule is CC(C)CNC(=O)CCNC1=NCC(C)S1. The van der Waals surface area contributed by atoms with Crippen LogP contribution in [0.5, 0.6) is 0 Å². The van der Waals surface area contributed by atoms with E-state index in [0.29, 0.717) is 24.1 Å². The lowest BCUT2D eigenvalue weighted by atomic mass is 10.2. The zero-order chi connectivity index (χ0) is 12.0. The highest BCUT2D eigenvalue weighted by atomic mass is 32.2. The van der Waals surface area contributed by atoms with E-state index in [-0.39, 0.29) is 5.91 Å². The molecule has 1 atom stereocenters. The van der Waals surface area contributed by atoms with Crippen molar-refractivity contribution in [1.29, 1.82) is 0 Å². The Morgan fingerprint density at radius 1 is 1.62 bits per heavy atom. The molecular formula is C11H21N3OS. The average molecular weight is 243 g/mol. The highest BCUT2D eigenvalue weighted by molar-refractivity contribution is 8.14. The minimum Gasteiger partial charge on any atom is -0.364 e. The van der Waals surface area contributed by atoms with Crippen molar-refractivity contribution in [2.24, 2.45) is 10.9 Å². The van der Waals surface area contributed by atoms with Gasteiger partial charge in [-0.15, -0.1) is 0 Å². The molecule has 0 bridgehead atoms. The Balaban J connectivity index is 2.04. The number of amides is 1. The number of nitrogens with zero attached hydrogens (tertiary/aromatic N) is 1. The predicted octanol–water partition coefficient (Wildman–Crippen LogP) is 1.23. The van der Waals surface area contributed by atoms with Gasteiger partial charge in [-0.25, -0.2) is 0 Å². The first-order chi connectivity index (χ1) is 7.58. The molecule has 0 aromatic carbocycles. The minimum absolute atomic E-state index is 0.109. The van der Waals surface area contributed by atoms with E-state index in [1.807, 2.05) is 0 Å². The molecule has 92 valence electrons. The van der Waals surface area contributed by atoms with Gasteiger partial charge < -0.3 is 10.6 Å². The normalized spacial score (nSPS) is 19.8. The number of hydrogen-bond acceptors (Lipinski definition) is 4. The second-order valence-corrected chi connectivity index (χ2v) is 5.88. The van der Waals surface area contributed by atoms with Gasteiger partial charge in [0.15, 0.2) is 5.17 Å². The number of amidine groups is 1. The van der Waals surface area contributed by atoms with Gasteiger partial charge in [0.05, 0.1) is 6.54 Å². The summed E-state index contributed by atoms with van der Waals surface area (Å²) in [6, 6.07) is 0. The molecule has 0 saturated carbocycles. The van der Waals surface area contributed by atoms with Crippen LogP contribution in [0.1, 0.15) is 27.2 Å². The van der Waals surface area contributed by atoms with Crippen LogP contribution in [0.15, 0.2) is 4.99 Å². The second kappa shape index (κ2) is 6.78. The largest absolute Gasteiger partial charge is 0.364 e. The smallest absolute Gasteiger partial charge is 0.221 e. The molecule has 1 aliphatic rings. The monoisotopic (exact) mass is 243 g/mol. The van der Waals surface area contributed by atoms with Gasteiger partial charge in [-0.2, -0.15) is 0 Å². The molecule has 0 fully saturated rings. The first-order valence-corrected chi connectivity index (χ1v) is 6.67. The molecule has 1 unspecified atom stereocenters. The Hall–Kier alpha value is -0.710. The Labute approximate surface area is 102 Å². The van der Waals surface area contributed by atoms with Crippen molar-refractivity contribution in [1.82, 2.24) is 10.6 Å². The number of rotatable bonds is 5. The third kappa shape index (κ3) is 5.39. The van der Waals surface area contributed by atoms with Crippen molar-refractivity contribution in [2.75, 3.05) is 19.6 Å². The quantitative estimate of drug-likeness (QED) is 0.763. The van der Waals surface area contributed by atoms with E-state index in [2.05, 4.69) is 36.4 Å². The van der Waals surface area contributed by atoms with Gasteiger partial charge >= 0.3 is 0 Å². The van der Waals surface area contributed by atoms with Crippen LogP contribution in [0.25, 0.3) is 0 Å². The van der Waals surface area contributed by atoms with Gasteiger partial charge in [-0.1, -0.05) is 32.5 Å². The van der Waals surface area contributed by atoms with Crippen LogP contribution >= 0.6 is 11.8 Å². The summed E-state index contributed by atoms with van der Waals surface area (Å²) >= 11 is 1.74. The van der Waals surface area contributed by atoms with Crippen LogP contribution in [0.2, 0.25) is 0 Å². The van der Waals surface area contributed by atoms with Crippen molar-refractivity contribution in [3.05, 3.63) is 0 Å². The summed E-state index contributed by atoms with van der Waals surface area (Å²) in [5.41, 5.74) is 0. The van der Waals surface area contributed by atoms with Crippen LogP contribution in [0, 0.1) is 5.92 Å². The maximum absolute atomic E-state index is 11.4. The molecule has 1 aliphatic heterocycles. The Bertz CT molecular complexity index is 266. The van der Waals surface area contributed by atoms with E-state index in [1.165, 1.54) is 0 Å². The Morgan fingerprint density at radius 2 is 2.38 bits per heavy atom. The molecule has 4 nitrogen and oxygen atoms in total. The molecule has 5 heteroatoms. The van der Waals surface area contributed by atoms with Gasteiger partial charge in [0.1, 0.15) is 0 Å². The summed E-state index contributed by atoms with van der Waals surface area (Å²) in [4.78, 5) is 15.7. The lowest BCUT2D eigenvalue weighted by Crippen LogP contribution is -2.31. The number of thioether (sulfide) groups is 1. The number of hydrogen-bond donors (Lipinski definition) is 2. The second-order valence-electron chi connectivity index (χ2n) is 4.45. The lowest BCUT2D eigenvalue weighted by molar-refractivity contribution is -0.121. The summed E-state index contributed by atoms with van der Waals surface area (Å²) in [7, 11) is 0. The van der Waals surface area contributed by atoms with E-state index in [0.717, 1.165) is 18.3 Å². The van der Waals surface area contributed by atoms with Crippen LogP contribution < -0.4 is 10.6 Å². The molecule has 16 heavy (non-hydrogen) atoms. The first kappa shape index (κ1) is 13.4.